The minimum absolute atomic E-state index is 0.262. The summed E-state index contributed by atoms with van der Waals surface area (Å²) in [6.45, 7) is 2.85. The van der Waals surface area contributed by atoms with Crippen LogP contribution in [-0.4, -0.2) is 37.9 Å². The molecular weight excluding hydrogens is 377 g/mol. The maximum atomic E-state index is 4.79. The van der Waals surface area contributed by atoms with Crippen molar-refractivity contribution < 1.29 is 0 Å². The molecule has 2 aliphatic heterocycles. The van der Waals surface area contributed by atoms with Crippen LogP contribution in [0, 0.1) is 0 Å². The summed E-state index contributed by atoms with van der Waals surface area (Å²) < 4.78 is 1.06. The van der Waals surface area contributed by atoms with Crippen molar-refractivity contribution in [2.75, 3.05) is 0 Å². The van der Waals surface area contributed by atoms with Crippen molar-refractivity contribution in [3.05, 3.63) is 81.5 Å². The topological polar surface area (TPSA) is 28.5 Å². The van der Waals surface area contributed by atoms with E-state index < -0.39 is 0 Å². The van der Waals surface area contributed by atoms with E-state index in [-0.39, 0.29) is 5.37 Å². The Morgan fingerprint density at radius 3 is 2.67 bits per heavy atom. The number of benzene rings is 1. The second-order valence-corrected chi connectivity index (χ2v) is 7.57. The Labute approximate surface area is 155 Å². The quantitative estimate of drug-likeness (QED) is 0.743. The van der Waals surface area contributed by atoms with Crippen LogP contribution in [-0.2, 0) is 6.54 Å². The predicted octanol–water partition coefficient (Wildman–Crippen LogP) is 3.81. The Kier molecular flexibility index (Phi) is 4.34. The summed E-state index contributed by atoms with van der Waals surface area (Å²) in [4.78, 5) is 11.6. The zero-order valence-corrected chi connectivity index (χ0v) is 15.9. The number of amidine groups is 1. The zero-order chi connectivity index (χ0) is 16.5. The molecule has 0 fully saturated rings. The van der Waals surface area contributed by atoms with E-state index in [0.29, 0.717) is 0 Å². The third-order valence-electron chi connectivity index (χ3n) is 4.20. The Balaban J connectivity index is 1.68. The van der Waals surface area contributed by atoms with Gasteiger partial charge in [-0.05, 0) is 0 Å². The van der Waals surface area contributed by atoms with Crippen molar-refractivity contribution in [3.8, 4) is 0 Å². The van der Waals surface area contributed by atoms with Gasteiger partial charge in [-0.25, -0.2) is 0 Å². The second kappa shape index (κ2) is 6.62. The van der Waals surface area contributed by atoms with Crippen molar-refractivity contribution in [1.29, 1.82) is 0 Å². The number of hydrogen-bond donors (Lipinski definition) is 0. The van der Waals surface area contributed by atoms with Crippen molar-refractivity contribution >= 4 is 40.0 Å². The number of fused-ring (bicyclic) bond motifs is 1. The standard InChI is InChI=1S/C19H16AsN3S/c1-13-22-18(20)17-16(14-7-3-2-4-8-14)12-24-19(17)23(13)11-15-9-5-6-10-21-15/h2-10,12,19H,11H2,1H3. The van der Waals surface area contributed by atoms with E-state index in [1.807, 2.05) is 30.1 Å². The number of nitrogens with zero attached hydrogens (tertiary/aromatic N) is 3. The number of rotatable bonds is 3. The number of pyridine rings is 1. The molecule has 2 aliphatic rings. The SMILES string of the molecule is CC1=NC([As])=C2C(c3ccccc3)=CSC2N1Cc1ccccn1. The van der Waals surface area contributed by atoms with Gasteiger partial charge in [-0.2, -0.15) is 0 Å². The van der Waals surface area contributed by atoms with Crippen LogP contribution in [0.5, 0.6) is 0 Å². The molecule has 1 aromatic carbocycles. The van der Waals surface area contributed by atoms with Crippen molar-refractivity contribution in [3.63, 3.8) is 0 Å². The molecule has 4 rings (SSSR count). The molecule has 2 radical (unpaired) electrons. The summed E-state index contributed by atoms with van der Waals surface area (Å²) in [5.74, 6) is 1.04. The molecule has 0 bridgehead atoms. The Morgan fingerprint density at radius 2 is 1.92 bits per heavy atom. The molecule has 0 N–H and O–H groups in total. The fourth-order valence-electron chi connectivity index (χ4n) is 3.01. The molecule has 0 saturated heterocycles. The van der Waals surface area contributed by atoms with Crippen LogP contribution in [0.15, 0.2) is 75.2 Å². The molecule has 2 aromatic rings. The monoisotopic (exact) mass is 393 g/mol. The molecule has 1 atom stereocenters. The van der Waals surface area contributed by atoms with Crippen molar-refractivity contribution in [1.82, 2.24) is 9.88 Å². The van der Waals surface area contributed by atoms with E-state index in [1.54, 1.807) is 0 Å². The van der Waals surface area contributed by atoms with Crippen LogP contribution in [0.2, 0.25) is 0 Å². The fraction of sp³-hybridized carbons (Fsp3) is 0.158. The fourth-order valence-corrected chi connectivity index (χ4v) is 5.29. The Bertz CT molecular complexity index is 843. The van der Waals surface area contributed by atoms with E-state index in [4.69, 9.17) is 4.99 Å². The molecule has 3 nitrogen and oxygen atoms in total. The number of aromatic nitrogens is 1. The first kappa shape index (κ1) is 15.7. The van der Waals surface area contributed by atoms with Gasteiger partial charge in [0.05, 0.1) is 0 Å². The molecule has 118 valence electrons. The molecule has 0 saturated carbocycles. The van der Waals surface area contributed by atoms with Crippen LogP contribution in [0.4, 0.5) is 0 Å². The summed E-state index contributed by atoms with van der Waals surface area (Å²) in [7, 11) is 0. The Morgan fingerprint density at radius 1 is 1.12 bits per heavy atom. The molecule has 0 amide bonds. The number of thioether (sulfide) groups is 1. The van der Waals surface area contributed by atoms with Crippen molar-refractivity contribution in [2.24, 2.45) is 4.99 Å². The zero-order valence-electron chi connectivity index (χ0n) is 13.3. The molecule has 0 spiro atoms. The van der Waals surface area contributed by atoms with Gasteiger partial charge in [0.1, 0.15) is 0 Å². The van der Waals surface area contributed by atoms with Gasteiger partial charge < -0.3 is 0 Å². The first-order valence-corrected chi connectivity index (χ1v) is 9.68. The number of hydrogen-bond acceptors (Lipinski definition) is 4. The molecule has 3 heterocycles. The van der Waals surface area contributed by atoms with Gasteiger partial charge >= 0.3 is 155 Å². The van der Waals surface area contributed by atoms with Crippen LogP contribution in [0.1, 0.15) is 18.2 Å². The van der Waals surface area contributed by atoms with E-state index in [1.165, 1.54) is 16.7 Å². The van der Waals surface area contributed by atoms with E-state index in [2.05, 4.69) is 75.5 Å². The third kappa shape index (κ3) is 2.85. The normalized spacial score (nSPS) is 19.9. The molecule has 1 aromatic heterocycles. The first-order chi connectivity index (χ1) is 11.7. The van der Waals surface area contributed by atoms with Gasteiger partial charge in [-0.15, -0.1) is 0 Å². The average Bonchev–Trinajstić information content (AvgIpc) is 3.06. The first-order valence-electron chi connectivity index (χ1n) is 7.80. The van der Waals surface area contributed by atoms with E-state index >= 15 is 0 Å². The van der Waals surface area contributed by atoms with Crippen LogP contribution < -0.4 is 0 Å². The summed E-state index contributed by atoms with van der Waals surface area (Å²) in [6, 6.07) is 16.6. The van der Waals surface area contributed by atoms with Crippen LogP contribution >= 0.6 is 11.8 Å². The molecule has 5 heteroatoms. The second-order valence-electron chi connectivity index (χ2n) is 5.73. The molecule has 24 heavy (non-hydrogen) atoms. The molecule has 1 unspecified atom stereocenters. The predicted molar refractivity (Wildman–Crippen MR) is 101 cm³/mol. The van der Waals surface area contributed by atoms with Gasteiger partial charge in [0.2, 0.25) is 0 Å². The summed E-state index contributed by atoms with van der Waals surface area (Å²) >= 11 is 4.49. The van der Waals surface area contributed by atoms with E-state index in [0.717, 1.165) is 22.6 Å². The summed E-state index contributed by atoms with van der Waals surface area (Å²) in [5, 5.41) is 2.53. The molecule has 0 aliphatic carbocycles. The van der Waals surface area contributed by atoms with Gasteiger partial charge in [0.25, 0.3) is 0 Å². The average molecular weight is 393 g/mol. The maximum absolute atomic E-state index is 4.79. The summed E-state index contributed by atoms with van der Waals surface area (Å²) in [5.41, 5.74) is 4.89. The summed E-state index contributed by atoms with van der Waals surface area (Å²) in [6.07, 6.45) is 1.85. The van der Waals surface area contributed by atoms with Gasteiger partial charge in [-0.1, -0.05) is 0 Å². The third-order valence-corrected chi connectivity index (χ3v) is 6.04. The van der Waals surface area contributed by atoms with Gasteiger partial charge in [-0.3, -0.25) is 0 Å². The van der Waals surface area contributed by atoms with Crippen molar-refractivity contribution in [2.45, 2.75) is 18.8 Å². The van der Waals surface area contributed by atoms with Gasteiger partial charge in [0, 0.05) is 0 Å². The van der Waals surface area contributed by atoms with Crippen LogP contribution in [0.3, 0.4) is 0 Å². The Hall–Kier alpha value is -1.77. The number of aliphatic imine (C=N–C) groups is 1. The van der Waals surface area contributed by atoms with E-state index in [9.17, 15) is 0 Å². The minimum atomic E-state index is 0.262. The molecular formula is C19H16AsN3S. The van der Waals surface area contributed by atoms with Crippen LogP contribution in [0.25, 0.3) is 5.57 Å². The van der Waals surface area contributed by atoms with Gasteiger partial charge in [0.15, 0.2) is 0 Å².